The van der Waals surface area contributed by atoms with Crippen molar-refractivity contribution in [3.05, 3.63) is 48.0 Å². The van der Waals surface area contributed by atoms with E-state index in [1.807, 2.05) is 19.9 Å². The molecule has 1 amide bonds. The first-order valence-corrected chi connectivity index (χ1v) is 10.4. The van der Waals surface area contributed by atoms with Crippen LogP contribution >= 0.6 is 0 Å². The van der Waals surface area contributed by atoms with Crippen molar-refractivity contribution in [2.45, 2.75) is 37.5 Å². The highest BCUT2D eigenvalue weighted by Crippen LogP contribution is 2.30. The molecule has 1 N–H and O–H groups in total. The lowest BCUT2D eigenvalue weighted by atomic mass is 10.0. The van der Waals surface area contributed by atoms with Gasteiger partial charge < -0.3 is 9.64 Å². The van der Waals surface area contributed by atoms with Crippen LogP contribution in [0.25, 0.3) is 0 Å². The highest BCUT2D eigenvalue weighted by atomic mass is 32.2. The average molecular weight is 388 g/mol. The molecule has 144 valence electrons. The summed E-state index contributed by atoms with van der Waals surface area (Å²) >= 11 is 0. The number of sulfonamides is 1. The topological polar surface area (TPSA) is 75.7 Å². The predicted molar refractivity (Wildman–Crippen MR) is 106 cm³/mol. The van der Waals surface area contributed by atoms with Crippen LogP contribution < -0.4 is 14.4 Å². The summed E-state index contributed by atoms with van der Waals surface area (Å²) in [6.07, 6.45) is 1.35. The summed E-state index contributed by atoms with van der Waals surface area (Å²) in [6.45, 7) is 4.63. The smallest absolute Gasteiger partial charge is 0.261 e. The molecule has 27 heavy (non-hydrogen) atoms. The van der Waals surface area contributed by atoms with Crippen LogP contribution in [0, 0.1) is 0 Å². The van der Waals surface area contributed by atoms with E-state index in [9.17, 15) is 13.2 Å². The zero-order valence-corrected chi connectivity index (χ0v) is 16.5. The van der Waals surface area contributed by atoms with Gasteiger partial charge in [-0.2, -0.15) is 0 Å². The van der Waals surface area contributed by atoms with Gasteiger partial charge in [-0.1, -0.05) is 19.9 Å². The molecule has 2 aromatic rings. The van der Waals surface area contributed by atoms with Gasteiger partial charge >= 0.3 is 0 Å². The summed E-state index contributed by atoms with van der Waals surface area (Å²) in [6, 6.07) is 11.8. The van der Waals surface area contributed by atoms with E-state index in [0.717, 1.165) is 12.0 Å². The van der Waals surface area contributed by atoms with Crippen LogP contribution in [0.4, 0.5) is 11.4 Å². The number of carbonyl (C=O) groups excluding carboxylic acids is 1. The number of benzene rings is 2. The fourth-order valence-corrected chi connectivity index (χ4v) is 4.29. The SMILES string of the molecule is COc1ccc(S(=O)(=O)Nc2cccc(N3CCCC3=O)c2)cc1C(C)C. The van der Waals surface area contributed by atoms with E-state index in [1.54, 1.807) is 42.3 Å². The van der Waals surface area contributed by atoms with Gasteiger partial charge in [-0.15, -0.1) is 0 Å². The van der Waals surface area contributed by atoms with Crippen LogP contribution in [0.15, 0.2) is 47.4 Å². The molecule has 1 saturated heterocycles. The van der Waals surface area contributed by atoms with Gasteiger partial charge in [-0.3, -0.25) is 9.52 Å². The van der Waals surface area contributed by atoms with E-state index in [4.69, 9.17) is 4.74 Å². The summed E-state index contributed by atoms with van der Waals surface area (Å²) in [4.78, 5) is 13.8. The monoisotopic (exact) mass is 388 g/mol. The molecule has 0 aliphatic carbocycles. The van der Waals surface area contributed by atoms with Crippen LogP contribution in [0.3, 0.4) is 0 Å². The van der Waals surface area contributed by atoms with Crippen LogP contribution in [-0.2, 0) is 14.8 Å². The third-order valence-electron chi connectivity index (χ3n) is 4.62. The Kier molecular flexibility index (Phi) is 5.41. The molecule has 0 unspecified atom stereocenters. The highest BCUT2D eigenvalue weighted by molar-refractivity contribution is 7.92. The lowest BCUT2D eigenvalue weighted by Gasteiger charge is -2.17. The third kappa shape index (κ3) is 4.08. The second kappa shape index (κ2) is 7.60. The zero-order valence-electron chi connectivity index (χ0n) is 15.7. The molecule has 1 fully saturated rings. The number of methoxy groups -OCH3 is 1. The van der Waals surface area contributed by atoms with Crippen molar-refractivity contribution >= 4 is 27.3 Å². The number of rotatable bonds is 6. The van der Waals surface area contributed by atoms with Gasteiger partial charge in [-0.25, -0.2) is 8.42 Å². The fourth-order valence-electron chi connectivity index (χ4n) is 3.20. The summed E-state index contributed by atoms with van der Waals surface area (Å²) in [5, 5.41) is 0. The summed E-state index contributed by atoms with van der Waals surface area (Å²) in [5.41, 5.74) is 1.96. The molecule has 0 aromatic heterocycles. The van der Waals surface area contributed by atoms with Gasteiger partial charge in [0.1, 0.15) is 5.75 Å². The van der Waals surface area contributed by atoms with Crippen molar-refractivity contribution in [3.63, 3.8) is 0 Å². The number of nitrogens with zero attached hydrogens (tertiary/aromatic N) is 1. The Bertz CT molecular complexity index is 954. The van der Waals surface area contributed by atoms with E-state index in [2.05, 4.69) is 4.72 Å². The lowest BCUT2D eigenvalue weighted by Crippen LogP contribution is -2.23. The Hall–Kier alpha value is -2.54. The molecular weight excluding hydrogens is 364 g/mol. The van der Waals surface area contributed by atoms with E-state index >= 15 is 0 Å². The molecule has 0 saturated carbocycles. The third-order valence-corrected chi connectivity index (χ3v) is 6.00. The van der Waals surface area contributed by atoms with Crippen LogP contribution in [0.5, 0.6) is 5.75 Å². The number of amides is 1. The maximum absolute atomic E-state index is 12.8. The molecule has 1 heterocycles. The number of nitrogens with one attached hydrogen (secondary N) is 1. The Morgan fingerprint density at radius 2 is 1.93 bits per heavy atom. The molecule has 3 rings (SSSR count). The van der Waals surface area contributed by atoms with Crippen molar-refractivity contribution in [2.75, 3.05) is 23.3 Å². The number of hydrogen-bond acceptors (Lipinski definition) is 4. The first kappa shape index (κ1) is 19.2. The first-order valence-electron chi connectivity index (χ1n) is 8.93. The number of ether oxygens (including phenoxy) is 1. The molecular formula is C20H24N2O4S. The minimum absolute atomic E-state index is 0.0618. The van der Waals surface area contributed by atoms with E-state index in [-0.39, 0.29) is 16.7 Å². The molecule has 6 nitrogen and oxygen atoms in total. The molecule has 1 aliphatic rings. The van der Waals surface area contributed by atoms with Gasteiger partial charge in [0.05, 0.1) is 17.7 Å². The zero-order chi connectivity index (χ0) is 19.6. The molecule has 7 heteroatoms. The minimum atomic E-state index is -3.76. The van der Waals surface area contributed by atoms with Crippen LogP contribution in [0.1, 0.15) is 38.2 Å². The Morgan fingerprint density at radius 1 is 1.15 bits per heavy atom. The molecule has 0 spiro atoms. The molecule has 2 aromatic carbocycles. The summed E-state index contributed by atoms with van der Waals surface area (Å²) < 4.78 is 33.6. The summed E-state index contributed by atoms with van der Waals surface area (Å²) in [7, 11) is -2.19. The fraction of sp³-hybridized carbons (Fsp3) is 0.350. The van der Waals surface area contributed by atoms with Crippen molar-refractivity contribution < 1.29 is 17.9 Å². The Morgan fingerprint density at radius 3 is 2.56 bits per heavy atom. The number of hydrogen-bond donors (Lipinski definition) is 1. The minimum Gasteiger partial charge on any atom is -0.496 e. The molecule has 0 bridgehead atoms. The van der Waals surface area contributed by atoms with Gasteiger partial charge in [0.25, 0.3) is 10.0 Å². The Balaban J connectivity index is 1.89. The van der Waals surface area contributed by atoms with Gasteiger partial charge in [0, 0.05) is 18.7 Å². The normalized spacial score (nSPS) is 14.7. The van der Waals surface area contributed by atoms with Crippen molar-refractivity contribution in [3.8, 4) is 5.75 Å². The number of anilines is 2. The number of carbonyl (C=O) groups is 1. The largest absolute Gasteiger partial charge is 0.496 e. The first-order chi connectivity index (χ1) is 12.8. The molecule has 0 atom stereocenters. The van der Waals surface area contributed by atoms with Crippen molar-refractivity contribution in [2.24, 2.45) is 0 Å². The van der Waals surface area contributed by atoms with E-state index in [0.29, 0.717) is 30.1 Å². The van der Waals surface area contributed by atoms with Gasteiger partial charge in [0.15, 0.2) is 0 Å². The van der Waals surface area contributed by atoms with E-state index in [1.165, 1.54) is 6.07 Å². The lowest BCUT2D eigenvalue weighted by molar-refractivity contribution is -0.117. The second-order valence-corrected chi connectivity index (χ2v) is 8.55. The van der Waals surface area contributed by atoms with Crippen molar-refractivity contribution in [1.29, 1.82) is 0 Å². The van der Waals surface area contributed by atoms with Crippen LogP contribution in [0.2, 0.25) is 0 Å². The Labute approximate surface area is 160 Å². The van der Waals surface area contributed by atoms with Crippen molar-refractivity contribution in [1.82, 2.24) is 0 Å². The summed E-state index contributed by atoms with van der Waals surface area (Å²) in [5.74, 6) is 0.852. The predicted octanol–water partition coefficient (Wildman–Crippen LogP) is 3.75. The highest BCUT2D eigenvalue weighted by Gasteiger charge is 2.23. The average Bonchev–Trinajstić information content (AvgIpc) is 3.07. The second-order valence-electron chi connectivity index (χ2n) is 6.86. The maximum Gasteiger partial charge on any atom is 0.261 e. The quantitative estimate of drug-likeness (QED) is 0.818. The van der Waals surface area contributed by atoms with Gasteiger partial charge in [-0.05, 0) is 54.3 Å². The maximum atomic E-state index is 12.8. The molecule has 0 radical (unpaired) electrons. The van der Waals surface area contributed by atoms with E-state index < -0.39 is 10.0 Å². The molecule has 1 aliphatic heterocycles. The standard InChI is InChI=1S/C20H24N2O4S/c1-14(2)18-13-17(9-10-19(18)26-3)27(24,25)21-15-6-4-7-16(12-15)22-11-5-8-20(22)23/h4,6-7,9-10,12-14,21H,5,8,11H2,1-3H3. The van der Waals surface area contributed by atoms with Gasteiger partial charge in [0.2, 0.25) is 5.91 Å². The van der Waals surface area contributed by atoms with Crippen LogP contribution in [-0.4, -0.2) is 28.0 Å².